The Bertz CT molecular complexity index is 294. The molecule has 1 aromatic heterocycles. The summed E-state index contributed by atoms with van der Waals surface area (Å²) in [5, 5.41) is 2.94. The van der Waals surface area contributed by atoms with Crippen molar-refractivity contribution in [3.05, 3.63) is 36.1 Å². The van der Waals surface area contributed by atoms with E-state index in [0.717, 1.165) is 0 Å². The summed E-state index contributed by atoms with van der Waals surface area (Å²) in [6.07, 6.45) is 2.67. The molecule has 0 spiro atoms. The number of aromatic nitrogens is 1. The fraction of sp³-hybridized carbons (Fsp3) is 0. The number of amides is 1. The molecule has 0 saturated carbocycles. The molecule has 0 aromatic carbocycles. The molecule has 0 aliphatic carbocycles. The molecule has 0 radical (unpaired) electrons. The molecule has 0 bridgehead atoms. The third-order valence-corrected chi connectivity index (χ3v) is 1.40. The lowest BCUT2D eigenvalue weighted by atomic mass is 10.4. The average molecular weight is 183 g/mol. The van der Waals surface area contributed by atoms with E-state index in [1.807, 2.05) is 0 Å². The Morgan fingerprint density at radius 3 is 2.92 bits per heavy atom. The summed E-state index contributed by atoms with van der Waals surface area (Å²) in [7, 11) is 0. The van der Waals surface area contributed by atoms with Crippen molar-refractivity contribution in [2.75, 3.05) is 5.32 Å². The lowest BCUT2D eigenvalue weighted by Crippen LogP contribution is -2.07. The van der Waals surface area contributed by atoms with Crippen LogP contribution in [0, 0.1) is 0 Å². The van der Waals surface area contributed by atoms with Crippen LogP contribution in [0.2, 0.25) is 5.15 Å². The zero-order chi connectivity index (χ0) is 8.97. The van der Waals surface area contributed by atoms with E-state index in [1.54, 1.807) is 12.1 Å². The van der Waals surface area contributed by atoms with Crippen LogP contribution in [0.15, 0.2) is 31.0 Å². The summed E-state index contributed by atoms with van der Waals surface area (Å²) < 4.78 is 0. The van der Waals surface area contributed by atoms with Gasteiger partial charge in [-0.1, -0.05) is 18.2 Å². The first kappa shape index (κ1) is 8.74. The van der Waals surface area contributed by atoms with Crippen molar-refractivity contribution in [3.8, 4) is 0 Å². The van der Waals surface area contributed by atoms with E-state index in [-0.39, 0.29) is 5.91 Å². The second-order valence-corrected chi connectivity index (χ2v) is 2.45. The van der Waals surface area contributed by atoms with Crippen molar-refractivity contribution in [1.29, 1.82) is 0 Å². The summed E-state index contributed by atoms with van der Waals surface area (Å²) in [4.78, 5) is 14.6. The molecule has 1 N–H and O–H groups in total. The molecule has 1 amide bonds. The topological polar surface area (TPSA) is 42.0 Å². The molecule has 0 atom stereocenters. The first-order chi connectivity index (χ1) is 5.72. The summed E-state index contributed by atoms with van der Waals surface area (Å²) in [5.41, 5.74) is 0.601. The fourth-order valence-corrected chi connectivity index (χ4v) is 0.755. The number of carbonyl (C=O) groups is 1. The average Bonchev–Trinajstić information content (AvgIpc) is 2.09. The van der Waals surface area contributed by atoms with E-state index >= 15 is 0 Å². The normalized spacial score (nSPS) is 9.08. The fourth-order valence-electron chi connectivity index (χ4n) is 0.643. The number of carbonyl (C=O) groups excluding carboxylic acids is 1. The number of pyridine rings is 1. The van der Waals surface area contributed by atoms with Gasteiger partial charge >= 0.3 is 0 Å². The van der Waals surface area contributed by atoms with Crippen molar-refractivity contribution in [2.24, 2.45) is 0 Å². The van der Waals surface area contributed by atoms with E-state index in [4.69, 9.17) is 11.6 Å². The maximum absolute atomic E-state index is 10.8. The monoisotopic (exact) mass is 182 g/mol. The van der Waals surface area contributed by atoms with Crippen LogP contribution in [0.3, 0.4) is 0 Å². The molecule has 0 aliphatic rings. The van der Waals surface area contributed by atoms with Gasteiger partial charge in [0.2, 0.25) is 5.91 Å². The van der Waals surface area contributed by atoms with Gasteiger partial charge in [-0.05, 0) is 18.2 Å². The standard InChI is InChI=1S/C8H7ClN2O/c1-2-8(12)11-6-3-4-7(9)10-5-6/h2-5H,1H2,(H,11,12). The quantitative estimate of drug-likeness (QED) is 0.561. The minimum Gasteiger partial charge on any atom is -0.321 e. The largest absolute Gasteiger partial charge is 0.321 e. The molecule has 12 heavy (non-hydrogen) atoms. The number of anilines is 1. The van der Waals surface area contributed by atoms with Gasteiger partial charge in [-0.2, -0.15) is 0 Å². The molecule has 62 valence electrons. The van der Waals surface area contributed by atoms with Crippen molar-refractivity contribution in [1.82, 2.24) is 4.98 Å². The van der Waals surface area contributed by atoms with E-state index < -0.39 is 0 Å². The molecular weight excluding hydrogens is 176 g/mol. The predicted molar refractivity (Wildman–Crippen MR) is 48.1 cm³/mol. The summed E-state index contributed by atoms with van der Waals surface area (Å²) in [6, 6.07) is 3.26. The van der Waals surface area contributed by atoms with Gasteiger partial charge in [-0.25, -0.2) is 4.98 Å². The number of halogens is 1. The van der Waals surface area contributed by atoms with Crippen molar-refractivity contribution < 1.29 is 4.79 Å². The zero-order valence-corrected chi connectivity index (χ0v) is 7.01. The molecule has 1 aromatic rings. The van der Waals surface area contributed by atoms with Gasteiger partial charge in [0.1, 0.15) is 5.15 Å². The van der Waals surface area contributed by atoms with Gasteiger partial charge in [-0.15, -0.1) is 0 Å². The third kappa shape index (κ3) is 2.36. The molecule has 0 saturated heterocycles. The van der Waals surface area contributed by atoms with Crippen LogP contribution in [0.1, 0.15) is 0 Å². The van der Waals surface area contributed by atoms with E-state index in [1.165, 1.54) is 12.3 Å². The lowest BCUT2D eigenvalue weighted by Gasteiger charge is -1.99. The van der Waals surface area contributed by atoms with Crippen LogP contribution < -0.4 is 5.32 Å². The number of nitrogens with zero attached hydrogens (tertiary/aromatic N) is 1. The van der Waals surface area contributed by atoms with Crippen LogP contribution in [0.4, 0.5) is 5.69 Å². The Balaban J connectivity index is 2.71. The van der Waals surface area contributed by atoms with Gasteiger partial charge < -0.3 is 5.32 Å². The predicted octanol–water partition coefficient (Wildman–Crippen LogP) is 1.86. The van der Waals surface area contributed by atoms with Gasteiger partial charge in [0, 0.05) is 0 Å². The van der Waals surface area contributed by atoms with Gasteiger partial charge in [-0.3, -0.25) is 4.79 Å². The van der Waals surface area contributed by atoms with Crippen molar-refractivity contribution in [2.45, 2.75) is 0 Å². The maximum atomic E-state index is 10.8. The summed E-state index contributed by atoms with van der Waals surface area (Å²) in [5.74, 6) is -0.265. The third-order valence-electron chi connectivity index (χ3n) is 1.18. The summed E-state index contributed by atoms with van der Waals surface area (Å²) in [6.45, 7) is 3.32. The highest BCUT2D eigenvalue weighted by Crippen LogP contribution is 2.09. The number of rotatable bonds is 2. The van der Waals surface area contributed by atoms with Gasteiger partial charge in [0.05, 0.1) is 11.9 Å². The molecule has 1 heterocycles. The minimum atomic E-state index is -0.265. The first-order valence-electron chi connectivity index (χ1n) is 3.27. The Hall–Kier alpha value is -1.35. The number of hydrogen-bond donors (Lipinski definition) is 1. The molecular formula is C8H7ClN2O. The van der Waals surface area contributed by atoms with Crippen molar-refractivity contribution in [3.63, 3.8) is 0 Å². The zero-order valence-electron chi connectivity index (χ0n) is 6.25. The number of hydrogen-bond acceptors (Lipinski definition) is 2. The second-order valence-electron chi connectivity index (χ2n) is 2.06. The minimum absolute atomic E-state index is 0.265. The van der Waals surface area contributed by atoms with Crippen molar-refractivity contribution >= 4 is 23.2 Å². The lowest BCUT2D eigenvalue weighted by molar-refractivity contribution is -0.111. The van der Waals surface area contributed by atoms with E-state index in [2.05, 4.69) is 16.9 Å². The molecule has 0 fully saturated rings. The first-order valence-corrected chi connectivity index (χ1v) is 3.65. The highest BCUT2D eigenvalue weighted by molar-refractivity contribution is 6.29. The van der Waals surface area contributed by atoms with Gasteiger partial charge in [0.25, 0.3) is 0 Å². The summed E-state index contributed by atoms with van der Waals surface area (Å²) >= 11 is 5.54. The Morgan fingerprint density at radius 1 is 1.67 bits per heavy atom. The van der Waals surface area contributed by atoms with Gasteiger partial charge in [0.15, 0.2) is 0 Å². The Labute approximate surface area is 75.1 Å². The number of nitrogens with one attached hydrogen (secondary N) is 1. The van der Waals surface area contributed by atoms with Crippen LogP contribution in [0.25, 0.3) is 0 Å². The second kappa shape index (κ2) is 3.88. The van der Waals surface area contributed by atoms with Crippen LogP contribution in [-0.2, 0) is 4.79 Å². The van der Waals surface area contributed by atoms with E-state index in [9.17, 15) is 4.79 Å². The molecule has 4 heteroatoms. The van der Waals surface area contributed by atoms with E-state index in [0.29, 0.717) is 10.8 Å². The molecule has 3 nitrogen and oxygen atoms in total. The molecule has 0 aliphatic heterocycles. The smallest absolute Gasteiger partial charge is 0.247 e. The SMILES string of the molecule is C=CC(=O)Nc1ccc(Cl)nc1. The molecule has 1 rings (SSSR count). The van der Waals surface area contributed by atoms with Crippen LogP contribution in [0.5, 0.6) is 0 Å². The highest BCUT2D eigenvalue weighted by atomic mass is 35.5. The Morgan fingerprint density at radius 2 is 2.42 bits per heavy atom. The van der Waals surface area contributed by atoms with Crippen LogP contribution in [-0.4, -0.2) is 10.9 Å². The Kier molecular flexibility index (Phi) is 2.82. The van der Waals surface area contributed by atoms with Crippen LogP contribution >= 0.6 is 11.6 Å². The maximum Gasteiger partial charge on any atom is 0.247 e. The molecule has 0 unspecified atom stereocenters. The highest BCUT2D eigenvalue weighted by Gasteiger charge is 1.96.